The molecule has 7 nitrogen and oxygen atoms in total. The summed E-state index contributed by atoms with van der Waals surface area (Å²) in [6, 6.07) is 5.92. The third kappa shape index (κ3) is 5.27. The predicted molar refractivity (Wildman–Crippen MR) is 94.7 cm³/mol. The zero-order valence-corrected chi connectivity index (χ0v) is 15.2. The number of aromatic nitrogens is 2. The van der Waals surface area contributed by atoms with E-state index in [1.807, 2.05) is 0 Å². The number of aryl methyl sites for hydroxylation is 1. The zero-order chi connectivity index (χ0) is 17.6. The van der Waals surface area contributed by atoms with Crippen molar-refractivity contribution in [3.05, 3.63) is 29.3 Å². The zero-order valence-electron chi connectivity index (χ0n) is 13.6. The van der Waals surface area contributed by atoms with Gasteiger partial charge in [0, 0.05) is 19.0 Å². The van der Waals surface area contributed by atoms with E-state index in [1.165, 1.54) is 42.5 Å². The Hall–Kier alpha value is -2.00. The van der Waals surface area contributed by atoms with Crippen LogP contribution in [-0.4, -0.2) is 24.5 Å². The number of carbonyl (C=O) groups excluding carboxylic acids is 1. The van der Waals surface area contributed by atoms with Crippen LogP contribution in [0, 0.1) is 0 Å². The van der Waals surface area contributed by atoms with E-state index in [4.69, 9.17) is 0 Å². The lowest BCUT2D eigenvalue weighted by Gasteiger charge is -2.06. The van der Waals surface area contributed by atoms with Gasteiger partial charge in [-0.2, -0.15) is 0 Å². The van der Waals surface area contributed by atoms with Gasteiger partial charge in [0.25, 0.3) is 10.0 Å². The van der Waals surface area contributed by atoms with E-state index < -0.39 is 10.0 Å². The van der Waals surface area contributed by atoms with Crippen molar-refractivity contribution < 1.29 is 13.2 Å². The highest BCUT2D eigenvalue weighted by molar-refractivity contribution is 7.93. The smallest absolute Gasteiger partial charge is 0.263 e. The van der Waals surface area contributed by atoms with Crippen LogP contribution in [0.4, 0.5) is 10.8 Å². The van der Waals surface area contributed by atoms with Crippen molar-refractivity contribution in [2.75, 3.05) is 10.0 Å². The molecule has 24 heavy (non-hydrogen) atoms. The summed E-state index contributed by atoms with van der Waals surface area (Å²) in [5, 5.41) is 11.6. The minimum Gasteiger partial charge on any atom is -0.326 e. The van der Waals surface area contributed by atoms with Crippen molar-refractivity contribution in [1.82, 2.24) is 10.2 Å². The van der Waals surface area contributed by atoms with Gasteiger partial charge < -0.3 is 5.32 Å². The Morgan fingerprint density at radius 3 is 2.50 bits per heavy atom. The van der Waals surface area contributed by atoms with Crippen molar-refractivity contribution in [2.24, 2.45) is 0 Å². The molecular weight excluding hydrogens is 348 g/mol. The Morgan fingerprint density at radius 1 is 1.17 bits per heavy atom. The number of carbonyl (C=O) groups is 1. The molecule has 0 radical (unpaired) electrons. The van der Waals surface area contributed by atoms with E-state index in [1.54, 1.807) is 0 Å². The number of rotatable bonds is 8. The quantitative estimate of drug-likeness (QED) is 0.698. The van der Waals surface area contributed by atoms with Gasteiger partial charge in [-0.1, -0.05) is 31.1 Å². The first-order valence-corrected chi connectivity index (χ1v) is 9.93. The average Bonchev–Trinajstić information content (AvgIpc) is 2.94. The molecule has 0 aliphatic carbocycles. The topological polar surface area (TPSA) is 101 Å². The molecule has 0 spiro atoms. The van der Waals surface area contributed by atoms with Crippen LogP contribution >= 0.6 is 11.3 Å². The van der Waals surface area contributed by atoms with Gasteiger partial charge >= 0.3 is 0 Å². The first-order valence-electron chi connectivity index (χ1n) is 7.63. The van der Waals surface area contributed by atoms with E-state index in [9.17, 15) is 13.2 Å². The third-order valence-electron chi connectivity index (χ3n) is 3.17. The van der Waals surface area contributed by atoms with E-state index in [0.717, 1.165) is 30.7 Å². The number of hydrogen-bond acceptors (Lipinski definition) is 6. The van der Waals surface area contributed by atoms with Crippen molar-refractivity contribution in [2.45, 2.75) is 44.4 Å². The van der Waals surface area contributed by atoms with Crippen LogP contribution in [0.2, 0.25) is 0 Å². The molecule has 1 amide bonds. The van der Waals surface area contributed by atoms with E-state index in [0.29, 0.717) is 5.69 Å². The number of hydrogen-bond donors (Lipinski definition) is 2. The number of anilines is 2. The first-order chi connectivity index (χ1) is 11.4. The maximum absolute atomic E-state index is 12.3. The summed E-state index contributed by atoms with van der Waals surface area (Å²) >= 11 is 1.25. The lowest BCUT2D eigenvalue weighted by Crippen LogP contribution is -2.13. The van der Waals surface area contributed by atoms with Gasteiger partial charge in [-0.25, -0.2) is 8.42 Å². The second-order valence-electron chi connectivity index (χ2n) is 5.27. The molecule has 0 unspecified atom stereocenters. The summed E-state index contributed by atoms with van der Waals surface area (Å²) in [6.45, 7) is 3.51. The van der Waals surface area contributed by atoms with Crippen molar-refractivity contribution in [1.29, 1.82) is 0 Å². The lowest BCUT2D eigenvalue weighted by atomic mass is 10.2. The van der Waals surface area contributed by atoms with Crippen LogP contribution in [0.5, 0.6) is 0 Å². The molecule has 1 heterocycles. The number of unbranched alkanes of at least 4 members (excludes halogenated alkanes) is 2. The Kier molecular flexibility index (Phi) is 6.27. The normalized spacial score (nSPS) is 11.2. The number of nitrogens with zero attached hydrogens (tertiary/aromatic N) is 2. The molecular formula is C15H20N4O3S2. The van der Waals surface area contributed by atoms with Gasteiger partial charge in [-0.05, 0) is 30.7 Å². The number of sulfonamides is 1. The molecule has 0 aliphatic rings. The van der Waals surface area contributed by atoms with Crippen LogP contribution in [-0.2, 0) is 21.2 Å². The first kappa shape index (κ1) is 18.3. The fraction of sp³-hybridized carbons (Fsp3) is 0.400. The highest BCUT2D eigenvalue weighted by atomic mass is 32.2. The molecule has 0 saturated carbocycles. The standard InChI is InChI=1S/C15H20N4O3S2/c1-3-4-5-6-14-17-18-15(23-14)19-24(21,22)13-9-7-12(8-10-13)16-11(2)20/h7-10H,3-6H2,1-2H3,(H,16,20)(H,18,19). The molecule has 2 N–H and O–H groups in total. The van der Waals surface area contributed by atoms with Gasteiger partial charge in [0.2, 0.25) is 11.0 Å². The third-order valence-corrected chi connectivity index (χ3v) is 5.55. The highest BCUT2D eigenvalue weighted by Gasteiger charge is 2.17. The van der Waals surface area contributed by atoms with Gasteiger partial charge in [-0.15, -0.1) is 10.2 Å². The monoisotopic (exact) mass is 368 g/mol. The summed E-state index contributed by atoms with van der Waals surface area (Å²) in [5.74, 6) is -0.215. The molecule has 2 rings (SSSR count). The van der Waals surface area contributed by atoms with Crippen molar-refractivity contribution in [3.63, 3.8) is 0 Å². The lowest BCUT2D eigenvalue weighted by molar-refractivity contribution is -0.114. The molecule has 1 aromatic heterocycles. The van der Waals surface area contributed by atoms with Gasteiger partial charge in [0.05, 0.1) is 4.90 Å². The number of benzene rings is 1. The molecule has 130 valence electrons. The maximum atomic E-state index is 12.3. The van der Waals surface area contributed by atoms with Gasteiger partial charge in [0.1, 0.15) is 5.01 Å². The molecule has 0 fully saturated rings. The Bertz CT molecular complexity index is 785. The Labute approximate surface area is 145 Å². The highest BCUT2D eigenvalue weighted by Crippen LogP contribution is 2.22. The van der Waals surface area contributed by atoms with Crippen molar-refractivity contribution >= 4 is 38.1 Å². The van der Waals surface area contributed by atoms with E-state index in [2.05, 4.69) is 27.2 Å². The van der Waals surface area contributed by atoms with Crippen LogP contribution in [0.3, 0.4) is 0 Å². The average molecular weight is 368 g/mol. The Balaban J connectivity index is 2.04. The van der Waals surface area contributed by atoms with Crippen LogP contribution < -0.4 is 10.0 Å². The van der Waals surface area contributed by atoms with E-state index >= 15 is 0 Å². The maximum Gasteiger partial charge on any atom is 0.263 e. The Morgan fingerprint density at radius 2 is 1.88 bits per heavy atom. The number of nitrogens with one attached hydrogen (secondary N) is 2. The molecule has 0 aliphatic heterocycles. The second-order valence-corrected chi connectivity index (χ2v) is 8.01. The second kappa shape index (κ2) is 8.20. The van der Waals surface area contributed by atoms with Gasteiger partial charge in [-0.3, -0.25) is 9.52 Å². The number of amides is 1. The molecule has 2 aromatic rings. The van der Waals surface area contributed by atoms with E-state index in [-0.39, 0.29) is 15.9 Å². The molecule has 0 atom stereocenters. The summed E-state index contributed by atoms with van der Waals surface area (Å²) in [7, 11) is -3.73. The van der Waals surface area contributed by atoms with Crippen LogP contribution in [0.15, 0.2) is 29.2 Å². The summed E-state index contributed by atoms with van der Waals surface area (Å²) < 4.78 is 27.1. The van der Waals surface area contributed by atoms with Crippen molar-refractivity contribution in [3.8, 4) is 0 Å². The summed E-state index contributed by atoms with van der Waals surface area (Å²) in [5.41, 5.74) is 0.538. The van der Waals surface area contributed by atoms with Crippen LogP contribution in [0.25, 0.3) is 0 Å². The molecule has 9 heteroatoms. The minimum absolute atomic E-state index is 0.0966. The van der Waals surface area contributed by atoms with Crippen LogP contribution in [0.1, 0.15) is 38.1 Å². The summed E-state index contributed by atoms with van der Waals surface area (Å²) in [4.78, 5) is 11.1. The molecule has 1 aromatic carbocycles. The molecule has 0 bridgehead atoms. The fourth-order valence-electron chi connectivity index (χ4n) is 2.02. The predicted octanol–water partition coefficient (Wildman–Crippen LogP) is 3.03. The SMILES string of the molecule is CCCCCc1nnc(NS(=O)(=O)c2ccc(NC(C)=O)cc2)s1. The largest absolute Gasteiger partial charge is 0.326 e. The minimum atomic E-state index is -3.73. The van der Waals surface area contributed by atoms with Gasteiger partial charge in [0.15, 0.2) is 0 Å². The summed E-state index contributed by atoms with van der Waals surface area (Å²) in [6.07, 6.45) is 4.05. The fourth-order valence-corrected chi connectivity index (χ4v) is 4.03. The molecule has 0 saturated heterocycles.